The number of esters is 3. The van der Waals surface area contributed by atoms with Gasteiger partial charge in [-0.2, -0.15) is 0 Å². The molecular weight excluding hydrogens is 1090 g/mol. The number of ether oxygens (including phenoxy) is 6. The second-order valence-electron chi connectivity index (χ2n) is 23.2. The lowest BCUT2D eigenvalue weighted by atomic mass is 10.0. The normalized spacial score (nSPS) is 13.5. The van der Waals surface area contributed by atoms with Gasteiger partial charge in [0.15, 0.2) is 13.2 Å². The maximum atomic E-state index is 14.7. The number of halogens is 1. The van der Waals surface area contributed by atoms with Gasteiger partial charge in [0.2, 0.25) is 29.5 Å². The topological polar surface area (TPSA) is 310 Å². The van der Waals surface area contributed by atoms with E-state index in [2.05, 4.69) is 26.6 Å². The molecule has 5 atom stereocenters. The van der Waals surface area contributed by atoms with Gasteiger partial charge in [0.05, 0.1) is 13.0 Å². The Bertz CT molecular complexity index is 2730. The van der Waals surface area contributed by atoms with E-state index >= 15 is 0 Å². The van der Waals surface area contributed by atoms with Crippen LogP contribution in [0.15, 0.2) is 72.8 Å². The number of amides is 6. The molecule has 0 spiro atoms. The van der Waals surface area contributed by atoms with Gasteiger partial charge in [-0.1, -0.05) is 54.6 Å². The van der Waals surface area contributed by atoms with E-state index in [4.69, 9.17) is 40.2 Å². The largest absolute Gasteiger partial charge is 0.482 e. The van der Waals surface area contributed by atoms with Crippen LogP contribution in [0.4, 0.5) is 4.79 Å². The van der Waals surface area contributed by atoms with Crippen LogP contribution in [0.5, 0.6) is 11.5 Å². The van der Waals surface area contributed by atoms with Crippen LogP contribution < -0.4 is 36.1 Å². The number of hydrogen-bond donors (Lipinski definition) is 6. The zero-order valence-electron chi connectivity index (χ0n) is 49.1. The third-order valence-electron chi connectivity index (χ3n) is 10.9. The molecule has 6 N–H and O–H groups in total. The summed E-state index contributed by atoms with van der Waals surface area (Å²) in [7, 11) is 0. The molecule has 450 valence electrons. The summed E-state index contributed by atoms with van der Waals surface area (Å²) in [5, 5.41) is 22.9. The van der Waals surface area contributed by atoms with Crippen molar-refractivity contribution >= 4 is 71.3 Å². The Morgan fingerprint density at radius 3 is 1.44 bits per heavy atom. The van der Waals surface area contributed by atoms with Crippen molar-refractivity contribution in [2.24, 2.45) is 0 Å². The first kappa shape index (κ1) is 68.3. The standard InChI is InChI=1S/C58H79ClN6O17/c1-34-26-38(22-25-45(34)78-33-48(69)81-57(9,10)11)29-43(53(74)75)64-50(71)40(27-36-18-16-15-17-19-36)61-51(72)42(30-46(67)79-55(3,4)5)62-49(70)41(28-37-20-23-39(24-21-37)77-32-47(68)80-56(6,7)8)63-52(73)44(65(59)35(2)66)31-60-54(76)82-58(12,13)14/h15-26,40-44H,27-33H2,1-14H3,(H,60,76)(H,61,72)(H,62,70)(H,63,73)(H,64,71)(H,74,75)/t40-,41-,42-,43-,44-/m0/s1. The lowest BCUT2D eigenvalue weighted by Crippen LogP contribution is -2.60. The van der Waals surface area contributed by atoms with Crippen LogP contribution in [0.2, 0.25) is 0 Å². The Morgan fingerprint density at radius 2 is 0.951 bits per heavy atom. The van der Waals surface area contributed by atoms with E-state index < -0.39 is 132 Å². The van der Waals surface area contributed by atoms with Crippen LogP contribution >= 0.6 is 11.8 Å². The summed E-state index contributed by atoms with van der Waals surface area (Å²) in [6.07, 6.45) is -2.56. The third-order valence-corrected chi connectivity index (χ3v) is 11.4. The highest BCUT2D eigenvalue weighted by atomic mass is 35.5. The fraction of sp³-hybridized carbons (Fsp3) is 0.517. The average Bonchev–Trinajstić information content (AvgIpc) is 3.45. The molecule has 0 aliphatic rings. The molecule has 24 heteroatoms. The van der Waals surface area contributed by atoms with E-state index in [1.807, 2.05) is 0 Å². The number of nitrogens with one attached hydrogen (secondary N) is 5. The number of alkyl carbamates (subject to hydrolysis) is 1. The Labute approximate surface area is 483 Å². The van der Waals surface area contributed by atoms with Crippen molar-refractivity contribution in [3.63, 3.8) is 0 Å². The van der Waals surface area contributed by atoms with Gasteiger partial charge in [0.25, 0.3) is 0 Å². The summed E-state index contributed by atoms with van der Waals surface area (Å²) in [5.74, 6) is -8.04. The van der Waals surface area contributed by atoms with Crippen molar-refractivity contribution in [2.45, 2.75) is 175 Å². The van der Waals surface area contributed by atoms with E-state index in [0.717, 1.165) is 6.92 Å². The van der Waals surface area contributed by atoms with Gasteiger partial charge in [-0.05, 0) is 130 Å². The molecule has 6 amide bonds. The highest BCUT2D eigenvalue weighted by molar-refractivity contribution is 6.22. The van der Waals surface area contributed by atoms with Crippen LogP contribution in [-0.4, -0.2) is 141 Å². The lowest BCUT2D eigenvalue weighted by molar-refractivity contribution is -0.158. The zero-order chi connectivity index (χ0) is 61.9. The molecule has 82 heavy (non-hydrogen) atoms. The molecule has 0 unspecified atom stereocenters. The first-order valence-corrected chi connectivity index (χ1v) is 26.7. The minimum atomic E-state index is -1.84. The second-order valence-corrected chi connectivity index (χ2v) is 23.6. The average molecular weight is 1170 g/mol. The van der Waals surface area contributed by atoms with Crippen molar-refractivity contribution in [1.29, 1.82) is 0 Å². The molecule has 0 saturated heterocycles. The molecule has 0 saturated carbocycles. The van der Waals surface area contributed by atoms with Crippen LogP contribution in [0.25, 0.3) is 0 Å². The number of carbonyl (C=O) groups is 10. The monoisotopic (exact) mass is 1170 g/mol. The molecule has 0 fully saturated rings. The number of nitrogens with zero attached hydrogens (tertiary/aromatic N) is 1. The number of carbonyl (C=O) groups excluding carboxylic acids is 9. The van der Waals surface area contributed by atoms with Gasteiger partial charge in [0, 0.05) is 38.0 Å². The van der Waals surface area contributed by atoms with Crippen LogP contribution in [0.3, 0.4) is 0 Å². The molecule has 3 rings (SSSR count). The third kappa shape index (κ3) is 26.1. The molecule has 23 nitrogen and oxygen atoms in total. The predicted molar refractivity (Wildman–Crippen MR) is 300 cm³/mol. The van der Waals surface area contributed by atoms with Crippen LogP contribution in [-0.2, 0) is 81.4 Å². The maximum absolute atomic E-state index is 14.7. The predicted octanol–water partition coefficient (Wildman–Crippen LogP) is 5.12. The van der Waals surface area contributed by atoms with Crippen molar-refractivity contribution in [3.8, 4) is 11.5 Å². The Hall–Kier alpha value is -7.95. The van der Waals surface area contributed by atoms with Gasteiger partial charge in [-0.3, -0.25) is 28.8 Å². The lowest BCUT2D eigenvalue weighted by Gasteiger charge is -2.29. The molecule has 0 radical (unpaired) electrons. The SMILES string of the molecule is CC(=O)N(Cl)[C@@H](CNC(=O)OC(C)(C)C)C(=O)N[C@@H](Cc1ccc(OCC(=O)OC(C)(C)C)cc1)C(=O)N[C@@H](CC(=O)OC(C)(C)C)C(=O)N[C@@H](Cc1ccccc1)C(=O)N[C@@H](Cc1ccc(OCC(=O)OC(C)(C)C)c(C)c1)C(=O)O. The van der Waals surface area contributed by atoms with E-state index in [9.17, 15) is 53.1 Å². The first-order chi connectivity index (χ1) is 37.9. The molecule has 0 aromatic heterocycles. The van der Waals surface area contributed by atoms with Crippen LogP contribution in [0.1, 0.15) is 119 Å². The summed E-state index contributed by atoms with van der Waals surface area (Å²) < 4.78 is 33.2. The van der Waals surface area contributed by atoms with E-state index in [1.54, 1.807) is 139 Å². The number of carboxylic acids is 1. The summed E-state index contributed by atoms with van der Waals surface area (Å²) in [6.45, 7) is 21.1. The second kappa shape index (κ2) is 30.2. The molecule has 0 aliphatic heterocycles. The summed E-state index contributed by atoms with van der Waals surface area (Å²) in [5.41, 5.74) is -1.61. The number of carboxylic acid groups (broad SMARTS) is 1. The fourth-order valence-electron chi connectivity index (χ4n) is 7.52. The zero-order valence-corrected chi connectivity index (χ0v) is 49.8. The van der Waals surface area contributed by atoms with Crippen molar-refractivity contribution in [2.75, 3.05) is 19.8 Å². The highest BCUT2D eigenvalue weighted by Gasteiger charge is 2.37. The number of benzene rings is 3. The number of aliphatic carboxylic acids is 1. The minimum Gasteiger partial charge on any atom is -0.482 e. The van der Waals surface area contributed by atoms with Crippen molar-refractivity contribution < 1.29 is 81.5 Å². The summed E-state index contributed by atoms with van der Waals surface area (Å²) >= 11 is 6.32. The quantitative estimate of drug-likeness (QED) is 0.0345. The molecule has 0 aliphatic carbocycles. The van der Waals surface area contributed by atoms with Crippen LogP contribution in [0, 0.1) is 6.92 Å². The summed E-state index contributed by atoms with van der Waals surface area (Å²) in [6, 6.07) is 10.9. The van der Waals surface area contributed by atoms with Gasteiger partial charge < -0.3 is 60.1 Å². The Balaban J connectivity index is 2.04. The van der Waals surface area contributed by atoms with Gasteiger partial charge in [-0.15, -0.1) is 0 Å². The van der Waals surface area contributed by atoms with Gasteiger partial charge in [0.1, 0.15) is 64.1 Å². The van der Waals surface area contributed by atoms with E-state index in [0.29, 0.717) is 32.4 Å². The van der Waals surface area contributed by atoms with Crippen molar-refractivity contribution in [1.82, 2.24) is 31.0 Å². The maximum Gasteiger partial charge on any atom is 0.407 e. The fourth-order valence-corrected chi connectivity index (χ4v) is 7.67. The Morgan fingerprint density at radius 1 is 0.524 bits per heavy atom. The number of rotatable bonds is 26. The highest BCUT2D eigenvalue weighted by Crippen LogP contribution is 2.22. The van der Waals surface area contributed by atoms with Gasteiger partial charge >= 0.3 is 30.0 Å². The van der Waals surface area contributed by atoms with Gasteiger partial charge in [-0.25, -0.2) is 23.6 Å². The Kier molecular flexibility index (Phi) is 25.2. The minimum absolute atomic E-state index is 0.208. The van der Waals surface area contributed by atoms with E-state index in [1.165, 1.54) is 24.3 Å². The molecular formula is C58H79ClN6O17. The molecule has 3 aromatic carbocycles. The molecule has 0 heterocycles. The summed E-state index contributed by atoms with van der Waals surface area (Å²) in [4.78, 5) is 134. The number of hydrogen-bond acceptors (Lipinski definition) is 16. The number of aryl methyl sites for hydroxylation is 1. The van der Waals surface area contributed by atoms with Crippen molar-refractivity contribution in [3.05, 3.63) is 95.1 Å². The molecule has 0 bridgehead atoms. The molecule has 3 aromatic rings. The first-order valence-electron chi connectivity index (χ1n) is 26.4. The smallest absolute Gasteiger partial charge is 0.407 e. The van der Waals surface area contributed by atoms with E-state index in [-0.39, 0.29) is 31.6 Å².